The summed E-state index contributed by atoms with van der Waals surface area (Å²) in [7, 11) is 0. The summed E-state index contributed by atoms with van der Waals surface area (Å²) in [5, 5.41) is 28.9. The predicted octanol–water partition coefficient (Wildman–Crippen LogP) is 4.34. The van der Waals surface area contributed by atoms with Crippen LogP contribution in [0.25, 0.3) is 11.3 Å². The van der Waals surface area contributed by atoms with E-state index in [0.717, 1.165) is 12.1 Å². The molecule has 1 aliphatic rings. The Kier molecular flexibility index (Phi) is 8.42. The third-order valence-electron chi connectivity index (χ3n) is 5.60. The van der Waals surface area contributed by atoms with E-state index in [4.69, 9.17) is 45.3 Å². The Morgan fingerprint density at radius 3 is 2.57 bits per heavy atom. The normalized spacial score (nSPS) is 22.9. The van der Waals surface area contributed by atoms with Gasteiger partial charge in [0.05, 0.1) is 35.4 Å². The van der Waals surface area contributed by atoms with Crippen LogP contribution in [-0.4, -0.2) is 61.8 Å². The van der Waals surface area contributed by atoms with Crippen molar-refractivity contribution in [2.75, 3.05) is 6.61 Å². The molecule has 1 saturated heterocycles. The van der Waals surface area contributed by atoms with Gasteiger partial charge in [0.25, 0.3) is 0 Å². The zero-order chi connectivity index (χ0) is 26.9. The molecule has 4 unspecified atom stereocenters. The second-order valence-corrected chi connectivity index (χ2v) is 9.52. The van der Waals surface area contributed by atoms with E-state index in [2.05, 4.69) is 20.3 Å². The fourth-order valence-corrected chi connectivity index (χ4v) is 4.29. The van der Waals surface area contributed by atoms with Gasteiger partial charge in [0.1, 0.15) is 40.7 Å². The highest BCUT2D eigenvalue weighted by atomic mass is 35.5. The van der Waals surface area contributed by atoms with Crippen molar-refractivity contribution in [3.05, 3.63) is 63.2 Å². The molecule has 0 aliphatic carbocycles. The lowest BCUT2D eigenvalue weighted by Gasteiger charge is -2.38. The third-order valence-corrected chi connectivity index (χ3v) is 6.52. The van der Waals surface area contributed by atoms with Crippen LogP contribution in [0.2, 0.25) is 15.1 Å². The molecule has 4 rings (SSSR count). The molecule has 1 aromatic heterocycles. The van der Waals surface area contributed by atoms with E-state index in [9.17, 15) is 19.0 Å². The SMILES string of the molecule is CC(N)=NC(=Nc1cc(Cl)ccc1Cl)C1CC(n2cc(-c3cc(F)c(Cl)c(F)c3)nn2)C(O)C(CO)O1. The molecular formula is C23H21Cl3F2N6O3. The fourth-order valence-electron chi connectivity index (χ4n) is 3.85. The lowest BCUT2D eigenvalue weighted by molar-refractivity contribution is -0.137. The van der Waals surface area contributed by atoms with Crippen molar-refractivity contribution in [3.63, 3.8) is 0 Å². The maximum Gasteiger partial charge on any atom is 0.159 e. The van der Waals surface area contributed by atoms with E-state index in [1.54, 1.807) is 19.1 Å². The molecule has 9 nitrogen and oxygen atoms in total. The van der Waals surface area contributed by atoms with Crippen LogP contribution in [0.15, 0.2) is 46.5 Å². The Balaban J connectivity index is 1.71. The van der Waals surface area contributed by atoms with Crippen molar-refractivity contribution in [2.24, 2.45) is 15.7 Å². The topological polar surface area (TPSA) is 131 Å². The zero-order valence-corrected chi connectivity index (χ0v) is 21.5. The number of nitrogens with zero attached hydrogens (tertiary/aromatic N) is 5. The van der Waals surface area contributed by atoms with Gasteiger partial charge >= 0.3 is 0 Å². The Labute approximate surface area is 225 Å². The Morgan fingerprint density at radius 1 is 1.22 bits per heavy atom. The summed E-state index contributed by atoms with van der Waals surface area (Å²) in [5.41, 5.74) is 6.38. The summed E-state index contributed by atoms with van der Waals surface area (Å²) in [6.07, 6.45) is -1.63. The van der Waals surface area contributed by atoms with Gasteiger partial charge in [-0.15, -0.1) is 5.10 Å². The van der Waals surface area contributed by atoms with Crippen LogP contribution in [0.1, 0.15) is 19.4 Å². The minimum Gasteiger partial charge on any atom is -0.394 e. The standard InChI is InChI=1S/C23H21Cl3F2N6O3/c1-10(29)30-23(31-16-6-12(24)2-3-13(16)25)19-7-18(22(36)20(9-35)37-19)34-8-17(32-33-34)11-4-14(27)21(26)15(28)5-11/h2-6,8,18-20,22,35-36H,7,9H2,1H3,(H2,29,30,31). The second kappa shape index (κ2) is 11.4. The van der Waals surface area contributed by atoms with E-state index in [1.807, 2.05) is 0 Å². The molecule has 3 aromatic rings. The average Bonchev–Trinajstić information content (AvgIpc) is 3.34. The molecular weight excluding hydrogens is 553 g/mol. The first-order valence-electron chi connectivity index (χ1n) is 10.9. The smallest absolute Gasteiger partial charge is 0.159 e. The highest BCUT2D eigenvalue weighted by Crippen LogP contribution is 2.34. The van der Waals surface area contributed by atoms with Gasteiger partial charge in [-0.2, -0.15) is 0 Å². The van der Waals surface area contributed by atoms with Crippen molar-refractivity contribution in [1.29, 1.82) is 0 Å². The number of aliphatic hydroxyl groups excluding tert-OH is 2. The minimum atomic E-state index is -1.21. The number of halogens is 5. The third kappa shape index (κ3) is 6.08. The molecule has 0 saturated carbocycles. The molecule has 0 bridgehead atoms. The zero-order valence-electron chi connectivity index (χ0n) is 19.2. The van der Waals surface area contributed by atoms with E-state index >= 15 is 0 Å². The number of aromatic nitrogens is 3. The number of hydrogen-bond acceptors (Lipinski definition) is 6. The number of hydrogen-bond donors (Lipinski definition) is 3. The number of aliphatic hydroxyl groups is 2. The molecule has 1 fully saturated rings. The van der Waals surface area contributed by atoms with Crippen LogP contribution < -0.4 is 5.73 Å². The fraction of sp³-hybridized carbons (Fsp3) is 0.304. The summed E-state index contributed by atoms with van der Waals surface area (Å²) >= 11 is 17.9. The van der Waals surface area contributed by atoms with E-state index in [1.165, 1.54) is 16.9 Å². The molecule has 14 heteroatoms. The highest BCUT2D eigenvalue weighted by Gasteiger charge is 2.41. The number of rotatable bonds is 5. The summed E-state index contributed by atoms with van der Waals surface area (Å²) in [5.74, 6) is -1.60. The number of amidine groups is 2. The van der Waals surface area contributed by atoms with Gasteiger partial charge in [-0.05, 0) is 37.3 Å². The molecule has 4 N–H and O–H groups in total. The van der Waals surface area contributed by atoms with Gasteiger partial charge in [-0.3, -0.25) is 0 Å². The molecule has 1 aliphatic heterocycles. The van der Waals surface area contributed by atoms with Gasteiger partial charge in [0.2, 0.25) is 0 Å². The first-order valence-corrected chi connectivity index (χ1v) is 12.1. The van der Waals surface area contributed by atoms with Gasteiger partial charge in [0.15, 0.2) is 5.84 Å². The number of benzene rings is 2. The van der Waals surface area contributed by atoms with Crippen molar-refractivity contribution in [2.45, 2.75) is 37.7 Å². The van der Waals surface area contributed by atoms with Gasteiger partial charge in [0, 0.05) is 17.0 Å². The summed E-state index contributed by atoms with van der Waals surface area (Å²) in [4.78, 5) is 8.77. The second-order valence-electron chi connectivity index (χ2n) is 8.30. The number of nitrogens with two attached hydrogens (primary N) is 1. The van der Waals surface area contributed by atoms with Crippen molar-refractivity contribution >= 4 is 52.2 Å². The van der Waals surface area contributed by atoms with Gasteiger partial charge in [-0.1, -0.05) is 40.0 Å². The summed E-state index contributed by atoms with van der Waals surface area (Å²) in [6.45, 7) is 1.03. The average molecular weight is 574 g/mol. The van der Waals surface area contributed by atoms with Crippen LogP contribution >= 0.6 is 34.8 Å². The molecule has 2 heterocycles. The molecule has 4 atom stereocenters. The lowest BCUT2D eigenvalue weighted by atomic mass is 9.95. The van der Waals surface area contributed by atoms with Crippen molar-refractivity contribution in [3.8, 4) is 11.3 Å². The monoisotopic (exact) mass is 572 g/mol. The van der Waals surface area contributed by atoms with Crippen molar-refractivity contribution in [1.82, 2.24) is 15.0 Å². The van der Waals surface area contributed by atoms with Gasteiger partial charge < -0.3 is 20.7 Å². The van der Waals surface area contributed by atoms with Gasteiger partial charge in [-0.25, -0.2) is 23.4 Å². The maximum atomic E-state index is 14.0. The number of ether oxygens (including phenoxy) is 1. The van der Waals surface area contributed by atoms with Crippen LogP contribution in [0.5, 0.6) is 0 Å². The minimum absolute atomic E-state index is 0.0810. The first-order chi connectivity index (χ1) is 17.6. The van der Waals surface area contributed by atoms with Crippen LogP contribution in [0.3, 0.4) is 0 Å². The molecule has 196 valence electrons. The Bertz CT molecular complexity index is 1340. The lowest BCUT2D eigenvalue weighted by Crippen LogP contribution is -2.50. The largest absolute Gasteiger partial charge is 0.394 e. The maximum absolute atomic E-state index is 14.0. The molecule has 0 radical (unpaired) electrons. The summed E-state index contributed by atoms with van der Waals surface area (Å²) < 4.78 is 35.1. The van der Waals surface area contributed by atoms with E-state index in [0.29, 0.717) is 15.7 Å². The van der Waals surface area contributed by atoms with E-state index < -0.39 is 47.6 Å². The van der Waals surface area contributed by atoms with Crippen LogP contribution in [0, 0.1) is 11.6 Å². The van der Waals surface area contributed by atoms with Crippen LogP contribution in [-0.2, 0) is 4.74 Å². The Hall–Kier alpha value is -2.67. The summed E-state index contributed by atoms with van der Waals surface area (Å²) in [6, 6.07) is 5.98. The quantitative estimate of drug-likeness (QED) is 0.236. The highest BCUT2D eigenvalue weighted by molar-refractivity contribution is 6.35. The van der Waals surface area contributed by atoms with Crippen molar-refractivity contribution < 1.29 is 23.7 Å². The molecule has 37 heavy (non-hydrogen) atoms. The molecule has 0 spiro atoms. The predicted molar refractivity (Wildman–Crippen MR) is 137 cm³/mol. The molecule has 0 amide bonds. The Morgan fingerprint density at radius 2 is 1.92 bits per heavy atom. The molecule has 2 aromatic carbocycles. The van der Waals surface area contributed by atoms with Crippen LogP contribution in [0.4, 0.5) is 14.5 Å². The first kappa shape index (κ1) is 27.4. The van der Waals surface area contributed by atoms with E-state index in [-0.39, 0.29) is 29.3 Å². The number of aliphatic imine (C=N–C) groups is 2.